The monoisotopic (exact) mass is 401 g/mol. The zero-order chi connectivity index (χ0) is 9.35. The molecular weight excluding hydrogens is 390 g/mol. The lowest BCUT2D eigenvalue weighted by Gasteiger charge is -2.37. The van der Waals surface area contributed by atoms with Crippen LogP contribution in [0.4, 0.5) is 8.78 Å². The topological polar surface area (TPSA) is 26.0 Å². The molecule has 1 rings (SSSR count). The Morgan fingerprint density at radius 3 is 2.33 bits per heavy atom. The van der Waals surface area contributed by atoms with Crippen LogP contribution in [0.2, 0.25) is 0 Å². The lowest BCUT2D eigenvalue weighted by molar-refractivity contribution is -0.0841. The van der Waals surface area contributed by atoms with E-state index in [4.69, 9.17) is 5.73 Å². The first-order valence-electron chi connectivity index (χ1n) is 3.86. The Morgan fingerprint density at radius 1 is 1.42 bits per heavy atom. The molecule has 1 fully saturated rings. The van der Waals surface area contributed by atoms with Crippen molar-refractivity contribution in [2.24, 2.45) is 11.7 Å². The summed E-state index contributed by atoms with van der Waals surface area (Å²) in [5.74, 6) is -3.20. The van der Waals surface area contributed by atoms with Crippen molar-refractivity contribution in [3.05, 3.63) is 0 Å². The van der Waals surface area contributed by atoms with Crippen LogP contribution in [0.15, 0.2) is 0 Å². The van der Waals surface area contributed by atoms with Crippen LogP contribution in [0.5, 0.6) is 0 Å². The van der Waals surface area contributed by atoms with Crippen LogP contribution in [0, 0.1) is 5.92 Å². The van der Waals surface area contributed by atoms with E-state index in [2.05, 4.69) is 0 Å². The number of hydrogen-bond acceptors (Lipinski definition) is 1. The predicted octanol–water partition coefficient (Wildman–Crippen LogP) is 2.95. The number of halogens is 4. The van der Waals surface area contributed by atoms with Crippen molar-refractivity contribution in [3.63, 3.8) is 0 Å². The molecule has 2 N–H and O–H groups in total. The van der Waals surface area contributed by atoms with Crippen molar-refractivity contribution in [2.75, 3.05) is 0 Å². The van der Waals surface area contributed by atoms with E-state index in [9.17, 15) is 8.78 Å². The fraction of sp³-hybridized carbons (Fsp3) is 1.00. The lowest BCUT2D eigenvalue weighted by atomic mass is 9.83. The van der Waals surface area contributed by atoms with Gasteiger partial charge in [-0.1, -0.05) is 45.2 Å². The second-order valence-electron chi connectivity index (χ2n) is 3.18. The molecule has 1 saturated carbocycles. The maximum absolute atomic E-state index is 13.3. The predicted molar refractivity (Wildman–Crippen MR) is 62.1 cm³/mol. The SMILES string of the molecule is N[C@H]1CCCC(F)(F)[C@@H]1C(I)I. The molecule has 5 heteroatoms. The second kappa shape index (κ2) is 4.20. The molecule has 0 aromatic heterocycles. The van der Waals surface area contributed by atoms with E-state index >= 15 is 0 Å². The molecule has 72 valence electrons. The Balaban J connectivity index is 2.74. The highest BCUT2D eigenvalue weighted by molar-refractivity contribution is 14.2. The normalized spacial score (nSPS) is 35.5. The smallest absolute Gasteiger partial charge is 0.254 e. The van der Waals surface area contributed by atoms with Crippen molar-refractivity contribution in [1.82, 2.24) is 0 Å². The minimum atomic E-state index is -2.55. The highest BCUT2D eigenvalue weighted by atomic mass is 127. The summed E-state index contributed by atoms with van der Waals surface area (Å²) in [4.78, 5) is 0. The van der Waals surface area contributed by atoms with Gasteiger partial charge in [-0.15, -0.1) is 0 Å². The Labute approximate surface area is 98.1 Å². The summed E-state index contributed by atoms with van der Waals surface area (Å²) in [5, 5.41) is 0. The largest absolute Gasteiger partial charge is 0.327 e. The molecule has 0 radical (unpaired) electrons. The van der Waals surface area contributed by atoms with Crippen LogP contribution < -0.4 is 5.73 Å². The highest BCUT2D eigenvalue weighted by Gasteiger charge is 2.48. The van der Waals surface area contributed by atoms with Gasteiger partial charge in [-0.25, -0.2) is 8.78 Å². The molecule has 0 aromatic rings. The molecule has 2 atom stereocenters. The molecule has 1 nitrogen and oxygen atoms in total. The molecule has 0 bridgehead atoms. The lowest BCUT2D eigenvalue weighted by Crippen LogP contribution is -2.48. The van der Waals surface area contributed by atoms with Gasteiger partial charge >= 0.3 is 0 Å². The van der Waals surface area contributed by atoms with Crippen molar-refractivity contribution in [2.45, 2.75) is 33.2 Å². The van der Waals surface area contributed by atoms with Crippen molar-refractivity contribution in [1.29, 1.82) is 0 Å². The molecule has 12 heavy (non-hydrogen) atoms. The fourth-order valence-electron chi connectivity index (χ4n) is 1.60. The van der Waals surface area contributed by atoms with Crippen LogP contribution >= 0.6 is 45.2 Å². The quantitative estimate of drug-likeness (QED) is 0.531. The molecule has 0 aliphatic heterocycles. The first-order valence-corrected chi connectivity index (χ1v) is 6.36. The Bertz CT molecular complexity index is 163. The van der Waals surface area contributed by atoms with Gasteiger partial charge < -0.3 is 5.73 Å². The third-order valence-electron chi connectivity index (χ3n) is 2.27. The van der Waals surface area contributed by atoms with Gasteiger partial charge in [-0.05, 0) is 12.8 Å². The summed E-state index contributed by atoms with van der Waals surface area (Å²) in [6, 6.07) is -0.326. The van der Waals surface area contributed by atoms with Crippen LogP contribution in [-0.4, -0.2) is 13.9 Å². The summed E-state index contributed by atoms with van der Waals surface area (Å²) >= 11 is 4.06. The van der Waals surface area contributed by atoms with E-state index in [1.165, 1.54) is 0 Å². The van der Waals surface area contributed by atoms with Gasteiger partial charge in [-0.3, -0.25) is 0 Å². The van der Waals surface area contributed by atoms with Gasteiger partial charge in [0.2, 0.25) is 0 Å². The van der Waals surface area contributed by atoms with Gasteiger partial charge in [0.25, 0.3) is 5.92 Å². The number of rotatable bonds is 1. The average molecular weight is 401 g/mol. The van der Waals surface area contributed by atoms with Gasteiger partial charge in [0.15, 0.2) is 0 Å². The molecule has 0 amide bonds. The maximum atomic E-state index is 13.3. The summed E-state index contributed by atoms with van der Waals surface area (Å²) in [5.41, 5.74) is 5.67. The summed E-state index contributed by atoms with van der Waals surface area (Å²) in [6.45, 7) is 0. The molecule has 1 aliphatic carbocycles. The van der Waals surface area contributed by atoms with E-state index in [1.54, 1.807) is 0 Å². The molecule has 0 aromatic carbocycles. The Hall–Kier alpha value is 1.28. The Kier molecular flexibility index (Phi) is 3.98. The number of nitrogens with two attached hydrogens (primary N) is 1. The molecule has 0 unspecified atom stereocenters. The second-order valence-corrected chi connectivity index (χ2v) is 8.24. The third-order valence-corrected chi connectivity index (χ3v) is 3.82. The summed E-state index contributed by atoms with van der Waals surface area (Å²) in [7, 11) is 0. The average Bonchev–Trinajstić information content (AvgIpc) is 1.82. The van der Waals surface area contributed by atoms with Gasteiger partial charge in [0.1, 0.15) is 0 Å². The zero-order valence-corrected chi connectivity index (χ0v) is 10.8. The number of hydrogen-bond donors (Lipinski definition) is 1. The molecule has 1 aliphatic rings. The van der Waals surface area contributed by atoms with Gasteiger partial charge in [0, 0.05) is 12.5 Å². The number of alkyl halides is 4. The van der Waals surface area contributed by atoms with E-state index in [0.717, 1.165) is 6.42 Å². The Morgan fingerprint density at radius 2 is 2.00 bits per heavy atom. The zero-order valence-electron chi connectivity index (χ0n) is 6.44. The van der Waals surface area contributed by atoms with Crippen molar-refractivity contribution >= 4 is 45.2 Å². The van der Waals surface area contributed by atoms with Crippen LogP contribution in [0.1, 0.15) is 19.3 Å². The van der Waals surface area contributed by atoms with Gasteiger partial charge in [0.05, 0.1) is 7.85 Å². The van der Waals surface area contributed by atoms with E-state index in [1.807, 2.05) is 45.2 Å². The standard InChI is InChI=1S/C7H11F2I2N/c8-7(9)3-1-2-4(12)5(7)6(10)11/h4-6H,1-3,12H2/t4-,5-/m0/s1. The maximum Gasteiger partial charge on any atom is 0.254 e. The first-order chi connectivity index (χ1) is 5.45. The van der Waals surface area contributed by atoms with Crippen LogP contribution in [0.3, 0.4) is 0 Å². The molecule has 0 saturated heterocycles. The molecular formula is C7H11F2I2N. The third kappa shape index (κ3) is 2.40. The summed E-state index contributed by atoms with van der Waals surface area (Å²) in [6.07, 6.45) is 1.31. The fourth-order valence-corrected chi connectivity index (χ4v) is 3.72. The van der Waals surface area contributed by atoms with Crippen molar-refractivity contribution < 1.29 is 8.78 Å². The van der Waals surface area contributed by atoms with Crippen molar-refractivity contribution in [3.8, 4) is 0 Å². The highest BCUT2D eigenvalue weighted by Crippen LogP contribution is 2.43. The minimum absolute atomic E-state index is 0.00781. The van der Waals surface area contributed by atoms with Crippen LogP contribution in [-0.2, 0) is 0 Å². The van der Waals surface area contributed by atoms with Crippen LogP contribution in [0.25, 0.3) is 0 Å². The van der Waals surface area contributed by atoms with E-state index in [0.29, 0.717) is 6.42 Å². The molecule has 0 spiro atoms. The van der Waals surface area contributed by atoms with Gasteiger partial charge in [-0.2, -0.15) is 0 Å². The van der Waals surface area contributed by atoms with E-state index in [-0.39, 0.29) is 14.4 Å². The first kappa shape index (κ1) is 11.4. The summed E-state index contributed by atoms with van der Waals surface area (Å²) < 4.78 is 26.5. The minimum Gasteiger partial charge on any atom is -0.327 e. The van der Waals surface area contributed by atoms with E-state index < -0.39 is 11.8 Å². The molecule has 0 heterocycles.